The van der Waals surface area contributed by atoms with Crippen molar-refractivity contribution >= 4 is 34.4 Å². The number of halogens is 2. The maximum absolute atomic E-state index is 14.4. The molecule has 3 N–H and O–H groups in total. The fourth-order valence-electron chi connectivity index (χ4n) is 4.86. The Morgan fingerprint density at radius 1 is 1.08 bits per heavy atom. The Morgan fingerprint density at radius 2 is 1.76 bits per heavy atom. The molecule has 1 unspecified atom stereocenters. The first-order valence-corrected chi connectivity index (χ1v) is 13.4. The number of aromatic nitrogens is 3. The van der Waals surface area contributed by atoms with Crippen LogP contribution in [0.1, 0.15) is 33.7 Å². The van der Waals surface area contributed by atoms with E-state index in [0.717, 1.165) is 34.2 Å². The van der Waals surface area contributed by atoms with Gasteiger partial charge < -0.3 is 9.80 Å². The smallest absolute Gasteiger partial charge is 0.257 e. The van der Waals surface area contributed by atoms with Crippen LogP contribution in [0.4, 0.5) is 4.39 Å². The number of carbonyl (C=O) groups excluding carboxylic acids is 2. The molecular formula is C25H26ClFN6O3S. The summed E-state index contributed by atoms with van der Waals surface area (Å²) in [5.74, 6) is -0.300. The van der Waals surface area contributed by atoms with Gasteiger partial charge in [-0.3, -0.25) is 14.7 Å². The number of nitrogens with one attached hydrogen (secondary N) is 1. The highest BCUT2D eigenvalue weighted by Gasteiger charge is 2.34. The maximum Gasteiger partial charge on any atom is 0.257 e. The zero-order valence-corrected chi connectivity index (χ0v) is 21.7. The molecule has 2 amide bonds. The van der Waals surface area contributed by atoms with E-state index in [1.165, 1.54) is 12.1 Å². The summed E-state index contributed by atoms with van der Waals surface area (Å²) in [5.41, 5.74) is 4.01. The van der Waals surface area contributed by atoms with Crippen molar-refractivity contribution in [1.82, 2.24) is 24.8 Å². The van der Waals surface area contributed by atoms with Gasteiger partial charge in [0.05, 0.1) is 17.0 Å². The van der Waals surface area contributed by atoms with Crippen LogP contribution in [0.3, 0.4) is 0 Å². The van der Waals surface area contributed by atoms with Crippen LogP contribution in [-0.2, 0) is 28.7 Å². The molecule has 1 aromatic heterocycles. The summed E-state index contributed by atoms with van der Waals surface area (Å²) in [6.45, 7) is 4.07. The van der Waals surface area contributed by atoms with Gasteiger partial charge in [-0.15, -0.1) is 5.10 Å². The number of H-pyrrole nitrogens is 1. The van der Waals surface area contributed by atoms with Crippen LogP contribution in [0.25, 0.3) is 0 Å². The van der Waals surface area contributed by atoms with Crippen LogP contribution in [0.15, 0.2) is 52.4 Å². The highest BCUT2D eigenvalue weighted by molar-refractivity contribution is 7.82. The standard InChI is InChI=1S/C25H26ClFN6O3S/c1-15-29-33(30-15)14-17-8-20(26)4-2-16(17)3-7-24(34)31-10-18-12-32(13-19(18)11-31)25(35)22-6-5-21(37(28)36)9-23(22)27/h2,4-6,8-9H,3,7,10-14,28H2,1H3,(H,29,30). The molecule has 0 fully saturated rings. The van der Waals surface area contributed by atoms with E-state index in [-0.39, 0.29) is 16.4 Å². The van der Waals surface area contributed by atoms with Gasteiger partial charge in [-0.25, -0.2) is 18.5 Å². The third-order valence-corrected chi connectivity index (χ3v) is 7.68. The number of hydrogen-bond acceptors (Lipinski definition) is 4. The van der Waals surface area contributed by atoms with Gasteiger partial charge in [0, 0.05) is 37.6 Å². The number of aryl methyl sites for hydroxylation is 2. The van der Waals surface area contributed by atoms with Gasteiger partial charge in [0.1, 0.15) is 22.6 Å². The molecule has 194 valence electrons. The number of nitrogens with two attached hydrogens (primary N) is 1. The molecule has 37 heavy (non-hydrogen) atoms. The molecule has 12 heteroatoms. The van der Waals surface area contributed by atoms with Crippen molar-refractivity contribution in [3.8, 4) is 0 Å². The Hall–Kier alpha value is -3.28. The number of hydrogen-bond donors (Lipinski definition) is 2. The van der Waals surface area contributed by atoms with Gasteiger partial charge in [0.25, 0.3) is 5.91 Å². The van der Waals surface area contributed by atoms with Crippen LogP contribution in [0, 0.1) is 12.7 Å². The van der Waals surface area contributed by atoms with E-state index in [1.54, 1.807) is 14.6 Å². The highest BCUT2D eigenvalue weighted by Crippen LogP contribution is 2.28. The summed E-state index contributed by atoms with van der Waals surface area (Å²) in [7, 11) is -1.82. The van der Waals surface area contributed by atoms with Gasteiger partial charge in [-0.05, 0) is 65.9 Å². The summed E-state index contributed by atoms with van der Waals surface area (Å²) in [6, 6.07) is 9.41. The Balaban J connectivity index is 1.16. The van der Waals surface area contributed by atoms with E-state index in [1.807, 2.05) is 25.1 Å². The first-order valence-electron chi connectivity index (χ1n) is 11.8. The lowest BCUT2D eigenvalue weighted by atomic mass is 10.0. The number of nitrogens with zero attached hydrogens (tertiary/aromatic N) is 4. The summed E-state index contributed by atoms with van der Waals surface area (Å²) in [4.78, 5) is 31.1. The molecule has 3 heterocycles. The van der Waals surface area contributed by atoms with Crippen LogP contribution in [0.2, 0.25) is 5.02 Å². The van der Waals surface area contributed by atoms with Gasteiger partial charge in [-0.1, -0.05) is 17.7 Å². The van der Waals surface area contributed by atoms with Crippen molar-refractivity contribution in [2.45, 2.75) is 31.2 Å². The molecule has 2 aromatic carbocycles. The first-order chi connectivity index (χ1) is 17.7. The molecule has 5 rings (SSSR count). The van der Waals surface area contributed by atoms with Crippen molar-refractivity contribution in [3.63, 3.8) is 0 Å². The third-order valence-electron chi connectivity index (χ3n) is 6.73. The van der Waals surface area contributed by atoms with Crippen molar-refractivity contribution in [1.29, 1.82) is 0 Å². The fourth-order valence-corrected chi connectivity index (χ4v) is 5.47. The molecule has 0 bridgehead atoms. The molecule has 0 saturated carbocycles. The predicted molar refractivity (Wildman–Crippen MR) is 137 cm³/mol. The quantitative estimate of drug-likeness (QED) is 0.444. The number of benzene rings is 2. The van der Waals surface area contributed by atoms with Crippen LogP contribution >= 0.6 is 11.6 Å². The molecular weight excluding hydrogens is 519 g/mol. The maximum atomic E-state index is 14.4. The average Bonchev–Trinajstić information content (AvgIpc) is 3.41. The molecule has 0 spiro atoms. The molecule has 0 aliphatic carbocycles. The van der Waals surface area contributed by atoms with E-state index >= 15 is 0 Å². The van der Waals surface area contributed by atoms with E-state index in [2.05, 4.69) is 10.2 Å². The van der Waals surface area contributed by atoms with Crippen molar-refractivity contribution in [2.24, 2.45) is 5.14 Å². The van der Waals surface area contributed by atoms with Crippen LogP contribution in [0.5, 0.6) is 0 Å². The zero-order chi connectivity index (χ0) is 26.3. The Kier molecular flexibility index (Phi) is 7.02. The summed E-state index contributed by atoms with van der Waals surface area (Å²) in [6.07, 6.45) is 0.935. The van der Waals surface area contributed by atoms with Crippen molar-refractivity contribution < 1.29 is 18.2 Å². The number of amides is 2. The minimum Gasteiger partial charge on any atom is -0.335 e. The van der Waals surface area contributed by atoms with E-state index in [0.29, 0.717) is 50.6 Å². The summed E-state index contributed by atoms with van der Waals surface area (Å²) in [5, 5.41) is 13.3. The Morgan fingerprint density at radius 3 is 2.38 bits per heavy atom. The first kappa shape index (κ1) is 25.4. The monoisotopic (exact) mass is 544 g/mol. The fraction of sp³-hybridized carbons (Fsp3) is 0.320. The molecule has 3 aromatic rings. The number of carbonyl (C=O) groups is 2. The second-order valence-corrected chi connectivity index (χ2v) is 10.8. The molecule has 1 atom stereocenters. The van der Waals surface area contributed by atoms with Gasteiger partial charge in [0.15, 0.2) is 0 Å². The lowest BCUT2D eigenvalue weighted by molar-refractivity contribution is -0.130. The largest absolute Gasteiger partial charge is 0.335 e. The Bertz CT molecular complexity index is 1420. The molecule has 2 aliphatic rings. The summed E-state index contributed by atoms with van der Waals surface area (Å²) >= 11 is 6.19. The summed E-state index contributed by atoms with van der Waals surface area (Å²) < 4.78 is 25.8. The van der Waals surface area contributed by atoms with Crippen molar-refractivity contribution in [3.05, 3.63) is 80.9 Å². The van der Waals surface area contributed by atoms with E-state index in [9.17, 15) is 18.2 Å². The molecule has 0 saturated heterocycles. The minimum atomic E-state index is -1.82. The molecule has 2 aliphatic heterocycles. The van der Waals surface area contributed by atoms with Crippen LogP contribution < -0.4 is 5.14 Å². The molecule has 9 nitrogen and oxygen atoms in total. The normalized spacial score (nSPS) is 16.0. The number of rotatable bonds is 7. The van der Waals surface area contributed by atoms with Gasteiger partial charge in [-0.2, -0.15) is 0 Å². The van der Waals surface area contributed by atoms with Crippen LogP contribution in [-0.4, -0.2) is 67.0 Å². The number of aromatic amines is 1. The van der Waals surface area contributed by atoms with Crippen molar-refractivity contribution in [2.75, 3.05) is 26.2 Å². The highest BCUT2D eigenvalue weighted by atomic mass is 35.5. The molecule has 0 radical (unpaired) electrons. The SMILES string of the molecule is Cc1nn(Cc2cc(Cl)ccc2CCC(=O)N2CC3=C(C2)CN(C(=O)c2ccc(S(N)=O)cc2F)C3)[nH]1. The predicted octanol–water partition coefficient (Wildman–Crippen LogP) is 2.57. The minimum absolute atomic E-state index is 0.0422. The second kappa shape index (κ2) is 10.2. The lowest BCUT2D eigenvalue weighted by Crippen LogP contribution is -2.36. The topological polar surface area (TPSA) is 117 Å². The second-order valence-electron chi connectivity index (χ2n) is 9.33. The van der Waals surface area contributed by atoms with E-state index in [4.69, 9.17) is 16.7 Å². The van der Waals surface area contributed by atoms with Gasteiger partial charge in [0.2, 0.25) is 5.91 Å². The third kappa shape index (κ3) is 5.39. The zero-order valence-electron chi connectivity index (χ0n) is 20.2. The van der Waals surface area contributed by atoms with E-state index < -0.39 is 22.7 Å². The Labute approximate surface area is 220 Å². The lowest BCUT2D eigenvalue weighted by Gasteiger charge is -2.23. The average molecular weight is 545 g/mol. The van der Waals surface area contributed by atoms with Gasteiger partial charge >= 0.3 is 0 Å².